The molecule has 0 saturated heterocycles. The summed E-state index contributed by atoms with van der Waals surface area (Å²) >= 11 is 1.64. The molecule has 6 heteroatoms. The number of furan rings is 1. The van der Waals surface area contributed by atoms with Crippen molar-refractivity contribution < 1.29 is 14.3 Å². The number of aromatic nitrogens is 1. The quantitative estimate of drug-likeness (QED) is 0.880. The lowest BCUT2D eigenvalue weighted by molar-refractivity contribution is 0.0659. The lowest BCUT2D eigenvalue weighted by atomic mass is 10.2. The highest BCUT2D eigenvalue weighted by Gasteiger charge is 2.17. The van der Waals surface area contributed by atoms with Crippen LogP contribution in [-0.4, -0.2) is 16.1 Å². The van der Waals surface area contributed by atoms with Gasteiger partial charge in [-0.1, -0.05) is 0 Å². The molecule has 0 radical (unpaired) electrons. The predicted molar refractivity (Wildman–Crippen MR) is 72.5 cm³/mol. The van der Waals surface area contributed by atoms with E-state index < -0.39 is 5.97 Å². The van der Waals surface area contributed by atoms with Gasteiger partial charge in [0.1, 0.15) is 10.8 Å². The van der Waals surface area contributed by atoms with Crippen LogP contribution >= 0.6 is 11.3 Å². The maximum Gasteiger partial charge on any atom is 0.371 e. The summed E-state index contributed by atoms with van der Waals surface area (Å²) in [4.78, 5) is 16.3. The number of carbonyl (C=O) groups is 1. The molecule has 5 nitrogen and oxygen atoms in total. The number of hydrogen-bond acceptors (Lipinski definition) is 5. The first-order chi connectivity index (χ1) is 8.97. The van der Waals surface area contributed by atoms with Crippen LogP contribution in [0.5, 0.6) is 0 Å². The molecule has 2 aromatic rings. The summed E-state index contributed by atoms with van der Waals surface area (Å²) in [6.07, 6.45) is 1.85. The summed E-state index contributed by atoms with van der Waals surface area (Å²) in [6.45, 7) is 5.97. The van der Waals surface area contributed by atoms with Gasteiger partial charge >= 0.3 is 5.97 Å². The van der Waals surface area contributed by atoms with Gasteiger partial charge < -0.3 is 9.52 Å². The van der Waals surface area contributed by atoms with Crippen molar-refractivity contribution in [2.75, 3.05) is 0 Å². The summed E-state index contributed by atoms with van der Waals surface area (Å²) in [5, 5.41) is 13.2. The van der Waals surface area contributed by atoms with E-state index in [0.717, 1.165) is 5.01 Å². The highest BCUT2D eigenvalue weighted by molar-refractivity contribution is 7.11. The Morgan fingerprint density at radius 2 is 2.16 bits per heavy atom. The largest absolute Gasteiger partial charge is 0.475 e. The van der Waals surface area contributed by atoms with Gasteiger partial charge in [-0.2, -0.15) is 0 Å². The normalized spacial score (nSPS) is 14.3. The summed E-state index contributed by atoms with van der Waals surface area (Å²) in [6, 6.07) is 3.16. The monoisotopic (exact) mass is 280 g/mol. The fourth-order valence-corrected chi connectivity index (χ4v) is 2.59. The first-order valence-electron chi connectivity index (χ1n) is 5.98. The molecule has 0 amide bonds. The Morgan fingerprint density at radius 1 is 1.42 bits per heavy atom. The van der Waals surface area contributed by atoms with E-state index in [9.17, 15) is 4.79 Å². The average Bonchev–Trinajstić information content (AvgIpc) is 2.96. The molecule has 2 aromatic heterocycles. The van der Waals surface area contributed by atoms with Gasteiger partial charge in [0.15, 0.2) is 0 Å². The number of rotatable bonds is 5. The van der Waals surface area contributed by atoms with Crippen molar-refractivity contribution >= 4 is 17.3 Å². The van der Waals surface area contributed by atoms with Gasteiger partial charge in [-0.25, -0.2) is 9.78 Å². The Kier molecular flexibility index (Phi) is 4.01. The zero-order valence-electron chi connectivity index (χ0n) is 11.0. The molecule has 0 saturated carbocycles. The number of carboxylic acid groups (broad SMARTS) is 1. The van der Waals surface area contributed by atoms with Crippen LogP contribution in [-0.2, 0) is 0 Å². The molecule has 102 valence electrons. The van der Waals surface area contributed by atoms with Crippen LogP contribution in [0.2, 0.25) is 0 Å². The van der Waals surface area contributed by atoms with Crippen LogP contribution in [0, 0.1) is 6.92 Å². The van der Waals surface area contributed by atoms with E-state index >= 15 is 0 Å². The van der Waals surface area contributed by atoms with E-state index in [-0.39, 0.29) is 17.8 Å². The number of carboxylic acids is 1. The van der Waals surface area contributed by atoms with E-state index in [0.29, 0.717) is 5.76 Å². The number of thiazole rings is 1. The van der Waals surface area contributed by atoms with Gasteiger partial charge in [0, 0.05) is 11.1 Å². The van der Waals surface area contributed by atoms with Crippen LogP contribution in [0.4, 0.5) is 0 Å². The molecule has 0 aliphatic heterocycles. The minimum Gasteiger partial charge on any atom is -0.475 e. The molecule has 19 heavy (non-hydrogen) atoms. The molecule has 2 rings (SSSR count). The first-order valence-corrected chi connectivity index (χ1v) is 6.80. The van der Waals surface area contributed by atoms with E-state index in [1.807, 2.05) is 27.0 Å². The topological polar surface area (TPSA) is 75.4 Å². The molecule has 0 fully saturated rings. The zero-order chi connectivity index (χ0) is 14.0. The zero-order valence-corrected chi connectivity index (χ0v) is 11.8. The fraction of sp³-hybridized carbons (Fsp3) is 0.385. The molecular formula is C13H16N2O3S. The molecule has 0 spiro atoms. The van der Waals surface area contributed by atoms with Gasteiger partial charge in [0.05, 0.1) is 12.1 Å². The Morgan fingerprint density at radius 3 is 2.68 bits per heavy atom. The average molecular weight is 280 g/mol. The third-order valence-electron chi connectivity index (χ3n) is 2.77. The van der Waals surface area contributed by atoms with E-state index in [1.54, 1.807) is 17.4 Å². The summed E-state index contributed by atoms with van der Waals surface area (Å²) in [7, 11) is 0. The van der Waals surface area contributed by atoms with Crippen LogP contribution in [0.1, 0.15) is 52.1 Å². The minimum atomic E-state index is -1.05. The summed E-state index contributed by atoms with van der Waals surface area (Å²) < 4.78 is 5.27. The molecular weight excluding hydrogens is 264 g/mol. The van der Waals surface area contributed by atoms with Crippen molar-refractivity contribution in [1.29, 1.82) is 0 Å². The van der Waals surface area contributed by atoms with Gasteiger partial charge in [-0.05, 0) is 32.9 Å². The second kappa shape index (κ2) is 5.54. The highest BCUT2D eigenvalue weighted by Crippen LogP contribution is 2.23. The van der Waals surface area contributed by atoms with Gasteiger partial charge in [0.25, 0.3) is 0 Å². The van der Waals surface area contributed by atoms with Crippen molar-refractivity contribution in [3.05, 3.63) is 39.7 Å². The standard InChI is InChI=1S/C13H16N2O3S/c1-7-6-14-12(19-7)9(3)15-8(2)10-4-5-11(18-10)13(16)17/h4-6,8-9,15H,1-3H3,(H,16,17). The van der Waals surface area contributed by atoms with Crippen molar-refractivity contribution in [1.82, 2.24) is 10.3 Å². The second-order valence-electron chi connectivity index (χ2n) is 4.43. The third kappa shape index (κ3) is 3.21. The second-order valence-corrected chi connectivity index (χ2v) is 5.69. The van der Waals surface area contributed by atoms with Crippen molar-refractivity contribution in [3.8, 4) is 0 Å². The van der Waals surface area contributed by atoms with Crippen LogP contribution < -0.4 is 5.32 Å². The predicted octanol–water partition coefficient (Wildman–Crippen LogP) is 3.15. The smallest absolute Gasteiger partial charge is 0.371 e. The van der Waals surface area contributed by atoms with Gasteiger partial charge in [0.2, 0.25) is 5.76 Å². The molecule has 0 aliphatic carbocycles. The Balaban J connectivity index is 2.03. The maximum absolute atomic E-state index is 10.8. The lowest BCUT2D eigenvalue weighted by Gasteiger charge is -2.16. The van der Waals surface area contributed by atoms with Crippen LogP contribution in [0.3, 0.4) is 0 Å². The number of hydrogen-bond donors (Lipinski definition) is 2. The van der Waals surface area contributed by atoms with Gasteiger partial charge in [-0.3, -0.25) is 5.32 Å². The molecule has 2 unspecified atom stereocenters. The van der Waals surface area contributed by atoms with Crippen molar-refractivity contribution in [2.45, 2.75) is 32.9 Å². The van der Waals surface area contributed by atoms with E-state index in [4.69, 9.17) is 9.52 Å². The maximum atomic E-state index is 10.8. The number of aromatic carboxylic acids is 1. The number of nitrogens with zero attached hydrogens (tertiary/aromatic N) is 1. The number of aryl methyl sites for hydroxylation is 1. The fourth-order valence-electron chi connectivity index (χ4n) is 1.80. The third-order valence-corrected chi connectivity index (χ3v) is 3.87. The Labute approximate surface area is 115 Å². The SMILES string of the molecule is Cc1cnc(C(C)NC(C)c2ccc(C(=O)O)o2)s1. The lowest BCUT2D eigenvalue weighted by Crippen LogP contribution is -2.22. The number of nitrogens with one attached hydrogen (secondary N) is 1. The molecule has 0 bridgehead atoms. The first kappa shape index (κ1) is 13.8. The molecule has 2 N–H and O–H groups in total. The summed E-state index contributed by atoms with van der Waals surface area (Å²) in [5.74, 6) is -0.485. The van der Waals surface area contributed by atoms with Crippen LogP contribution in [0.15, 0.2) is 22.7 Å². The minimum absolute atomic E-state index is 0.0404. The molecule has 2 atom stereocenters. The highest BCUT2D eigenvalue weighted by atomic mass is 32.1. The molecule has 2 heterocycles. The Hall–Kier alpha value is -1.66. The summed E-state index contributed by atoms with van der Waals surface area (Å²) in [5.41, 5.74) is 0. The van der Waals surface area contributed by atoms with Crippen molar-refractivity contribution in [2.24, 2.45) is 0 Å². The van der Waals surface area contributed by atoms with Crippen molar-refractivity contribution in [3.63, 3.8) is 0 Å². The van der Waals surface area contributed by atoms with Gasteiger partial charge in [-0.15, -0.1) is 11.3 Å². The van der Waals surface area contributed by atoms with E-state index in [1.165, 1.54) is 10.9 Å². The van der Waals surface area contributed by atoms with E-state index in [2.05, 4.69) is 10.3 Å². The molecule has 0 aromatic carbocycles. The molecule has 0 aliphatic rings. The van der Waals surface area contributed by atoms with Crippen LogP contribution in [0.25, 0.3) is 0 Å². The Bertz CT molecular complexity index is 576.